The van der Waals surface area contributed by atoms with Gasteiger partial charge < -0.3 is 10.2 Å². The van der Waals surface area contributed by atoms with Crippen LogP contribution in [0.2, 0.25) is 0 Å². The Morgan fingerprint density at radius 3 is 2.23 bits per heavy atom. The van der Waals surface area contributed by atoms with Gasteiger partial charge in [-0.25, -0.2) is 8.42 Å². The molecule has 1 N–H and O–H groups in total. The number of nitrogens with zero attached hydrogens (tertiary/aromatic N) is 1. The van der Waals surface area contributed by atoms with E-state index in [2.05, 4.69) is 5.32 Å². The van der Waals surface area contributed by atoms with E-state index in [0.29, 0.717) is 12.1 Å². The van der Waals surface area contributed by atoms with Crippen molar-refractivity contribution in [1.29, 1.82) is 0 Å². The Morgan fingerprint density at radius 1 is 1.04 bits per heavy atom. The van der Waals surface area contributed by atoms with Gasteiger partial charge in [0.1, 0.15) is 0 Å². The van der Waals surface area contributed by atoms with Crippen molar-refractivity contribution in [2.45, 2.75) is 18.4 Å². The van der Waals surface area contributed by atoms with Gasteiger partial charge in [-0.1, -0.05) is 31.2 Å². The first kappa shape index (κ1) is 19.7. The number of hydrogen-bond donors (Lipinski definition) is 1. The zero-order chi connectivity index (χ0) is 19.3. The van der Waals surface area contributed by atoms with Crippen LogP contribution in [-0.4, -0.2) is 45.0 Å². The number of carbonyl (C=O) groups excluding carboxylic acids is 2. The second-order valence-electron chi connectivity index (χ2n) is 5.84. The molecule has 7 heteroatoms. The first-order valence-electron chi connectivity index (χ1n) is 8.18. The SMILES string of the molecule is CCS(=O)(=O)c1ccccc1C(=O)N(C)Cc1ccc(C(=O)NC)cc1. The minimum absolute atomic E-state index is 0.0503. The molecule has 0 heterocycles. The molecule has 0 aliphatic carbocycles. The van der Waals surface area contributed by atoms with Crippen LogP contribution in [0, 0.1) is 0 Å². The van der Waals surface area contributed by atoms with E-state index < -0.39 is 9.84 Å². The predicted molar refractivity (Wildman–Crippen MR) is 99.8 cm³/mol. The van der Waals surface area contributed by atoms with Crippen molar-refractivity contribution in [3.63, 3.8) is 0 Å². The molecule has 6 nitrogen and oxygen atoms in total. The average molecular weight is 374 g/mol. The first-order valence-corrected chi connectivity index (χ1v) is 9.83. The lowest BCUT2D eigenvalue weighted by Crippen LogP contribution is -2.28. The lowest BCUT2D eigenvalue weighted by molar-refractivity contribution is 0.0781. The van der Waals surface area contributed by atoms with E-state index in [1.165, 1.54) is 17.0 Å². The molecule has 0 aliphatic heterocycles. The van der Waals surface area contributed by atoms with Crippen LogP contribution in [0.3, 0.4) is 0 Å². The van der Waals surface area contributed by atoms with Gasteiger partial charge in [-0.05, 0) is 29.8 Å². The minimum atomic E-state index is -3.49. The van der Waals surface area contributed by atoms with Gasteiger partial charge in [0.05, 0.1) is 16.2 Å². The maximum Gasteiger partial charge on any atom is 0.255 e. The summed E-state index contributed by atoms with van der Waals surface area (Å²) in [7, 11) is -0.315. The molecule has 0 bridgehead atoms. The molecule has 2 rings (SSSR count). The van der Waals surface area contributed by atoms with Gasteiger partial charge in [0.25, 0.3) is 11.8 Å². The smallest absolute Gasteiger partial charge is 0.255 e. The van der Waals surface area contributed by atoms with Crippen LogP contribution >= 0.6 is 0 Å². The summed E-state index contributed by atoms with van der Waals surface area (Å²) < 4.78 is 24.5. The van der Waals surface area contributed by atoms with Crippen molar-refractivity contribution in [2.75, 3.05) is 19.8 Å². The second kappa shape index (κ2) is 8.14. The number of carbonyl (C=O) groups is 2. The number of nitrogens with one attached hydrogen (secondary N) is 1. The standard InChI is InChI=1S/C19H22N2O4S/c1-4-26(24,25)17-8-6-5-7-16(17)19(23)21(3)13-14-9-11-15(12-10-14)18(22)20-2/h5-12H,4,13H2,1-3H3,(H,20,22). The molecule has 0 fully saturated rings. The maximum absolute atomic E-state index is 12.8. The van der Waals surface area contributed by atoms with Crippen LogP contribution in [0.1, 0.15) is 33.2 Å². The van der Waals surface area contributed by atoms with E-state index in [-0.39, 0.29) is 28.0 Å². The van der Waals surface area contributed by atoms with Crippen LogP contribution in [0.4, 0.5) is 0 Å². The molecule has 0 saturated heterocycles. The zero-order valence-corrected chi connectivity index (χ0v) is 15.8. The van der Waals surface area contributed by atoms with E-state index in [1.807, 2.05) is 0 Å². The summed E-state index contributed by atoms with van der Waals surface area (Å²) in [6, 6.07) is 13.1. The third-order valence-electron chi connectivity index (χ3n) is 4.04. The van der Waals surface area contributed by atoms with Gasteiger partial charge in [-0.15, -0.1) is 0 Å². The molecule has 2 amide bonds. The number of sulfone groups is 1. The highest BCUT2D eigenvalue weighted by molar-refractivity contribution is 7.91. The Morgan fingerprint density at radius 2 is 1.65 bits per heavy atom. The van der Waals surface area contributed by atoms with Crippen molar-refractivity contribution in [2.24, 2.45) is 0 Å². The second-order valence-corrected chi connectivity index (χ2v) is 8.08. The van der Waals surface area contributed by atoms with E-state index in [9.17, 15) is 18.0 Å². The zero-order valence-electron chi connectivity index (χ0n) is 15.0. The molecule has 0 saturated carbocycles. The van der Waals surface area contributed by atoms with Crippen LogP contribution in [0.5, 0.6) is 0 Å². The van der Waals surface area contributed by atoms with Crippen molar-refractivity contribution in [1.82, 2.24) is 10.2 Å². The molecule has 0 radical (unpaired) electrons. The van der Waals surface area contributed by atoms with Gasteiger partial charge in [-0.2, -0.15) is 0 Å². The highest BCUT2D eigenvalue weighted by Crippen LogP contribution is 2.19. The lowest BCUT2D eigenvalue weighted by atomic mass is 10.1. The first-order chi connectivity index (χ1) is 12.3. The van der Waals surface area contributed by atoms with Crippen LogP contribution in [-0.2, 0) is 16.4 Å². The van der Waals surface area contributed by atoms with Crippen LogP contribution < -0.4 is 5.32 Å². The molecule has 0 spiro atoms. The fourth-order valence-electron chi connectivity index (χ4n) is 2.53. The van der Waals surface area contributed by atoms with Gasteiger partial charge in [0.15, 0.2) is 9.84 Å². The Balaban J connectivity index is 2.22. The maximum atomic E-state index is 12.8. The average Bonchev–Trinajstić information content (AvgIpc) is 2.67. The van der Waals surface area contributed by atoms with Crippen molar-refractivity contribution >= 4 is 21.7 Å². The van der Waals surface area contributed by atoms with Gasteiger partial charge in [-0.3, -0.25) is 9.59 Å². The quantitative estimate of drug-likeness (QED) is 0.839. The van der Waals surface area contributed by atoms with Gasteiger partial charge in [0, 0.05) is 26.2 Å². The van der Waals surface area contributed by atoms with Crippen molar-refractivity contribution in [3.05, 3.63) is 65.2 Å². The molecule has 2 aromatic rings. The third kappa shape index (κ3) is 4.29. The molecule has 26 heavy (non-hydrogen) atoms. The third-order valence-corrected chi connectivity index (χ3v) is 5.83. The molecule has 138 valence electrons. The van der Waals surface area contributed by atoms with E-state index in [4.69, 9.17) is 0 Å². The number of hydrogen-bond acceptors (Lipinski definition) is 4. The summed E-state index contributed by atoms with van der Waals surface area (Å²) in [4.78, 5) is 25.8. The largest absolute Gasteiger partial charge is 0.355 e. The fraction of sp³-hybridized carbons (Fsp3) is 0.263. The normalized spacial score (nSPS) is 11.0. The van der Waals surface area contributed by atoms with Gasteiger partial charge >= 0.3 is 0 Å². The van der Waals surface area contributed by atoms with E-state index >= 15 is 0 Å². The summed E-state index contributed by atoms with van der Waals surface area (Å²) in [6.45, 7) is 1.85. The summed E-state index contributed by atoms with van der Waals surface area (Å²) in [5.41, 5.74) is 1.53. The highest BCUT2D eigenvalue weighted by atomic mass is 32.2. The van der Waals surface area contributed by atoms with Crippen LogP contribution in [0.15, 0.2) is 53.4 Å². The Labute approximate surface area is 153 Å². The number of amides is 2. The molecule has 0 unspecified atom stereocenters. The van der Waals surface area contributed by atoms with Crippen molar-refractivity contribution in [3.8, 4) is 0 Å². The number of rotatable bonds is 6. The van der Waals surface area contributed by atoms with E-state index in [0.717, 1.165) is 5.56 Å². The monoisotopic (exact) mass is 374 g/mol. The lowest BCUT2D eigenvalue weighted by Gasteiger charge is -2.19. The number of benzene rings is 2. The topological polar surface area (TPSA) is 83.6 Å². The highest BCUT2D eigenvalue weighted by Gasteiger charge is 2.22. The molecule has 0 atom stereocenters. The van der Waals surface area contributed by atoms with Crippen LogP contribution in [0.25, 0.3) is 0 Å². The Hall–Kier alpha value is -2.67. The molecule has 0 aromatic heterocycles. The Bertz CT molecular complexity index is 905. The Kier molecular flexibility index (Phi) is 6.15. The van der Waals surface area contributed by atoms with Crippen molar-refractivity contribution < 1.29 is 18.0 Å². The predicted octanol–water partition coefficient (Wildman–Crippen LogP) is 2.11. The van der Waals surface area contributed by atoms with Gasteiger partial charge in [0.2, 0.25) is 0 Å². The summed E-state index contributed by atoms with van der Waals surface area (Å²) in [5, 5.41) is 2.55. The summed E-state index contributed by atoms with van der Waals surface area (Å²) in [6.07, 6.45) is 0. The van der Waals surface area contributed by atoms with E-state index in [1.54, 1.807) is 57.4 Å². The molecule has 2 aromatic carbocycles. The fourth-order valence-corrected chi connectivity index (χ4v) is 3.61. The molecular weight excluding hydrogens is 352 g/mol. The summed E-state index contributed by atoms with van der Waals surface area (Å²) >= 11 is 0. The molecule has 0 aliphatic rings. The molecular formula is C19H22N2O4S. The summed E-state index contributed by atoms with van der Waals surface area (Å²) in [5.74, 6) is -0.616. The minimum Gasteiger partial charge on any atom is -0.355 e.